The molecule has 2 heterocycles. The summed E-state index contributed by atoms with van der Waals surface area (Å²) in [7, 11) is 2.13. The molecule has 5 nitrogen and oxygen atoms in total. The van der Waals surface area contributed by atoms with Crippen LogP contribution in [0.3, 0.4) is 0 Å². The van der Waals surface area contributed by atoms with Crippen molar-refractivity contribution in [3.8, 4) is 0 Å². The molecule has 0 saturated carbocycles. The Hall–Kier alpha value is -1.24. The molecule has 0 aromatic carbocycles. The van der Waals surface area contributed by atoms with Crippen molar-refractivity contribution in [2.24, 2.45) is 0 Å². The van der Waals surface area contributed by atoms with Gasteiger partial charge in [0, 0.05) is 19.1 Å². The Kier molecular flexibility index (Phi) is 5.28. The molecular weight excluding hydrogens is 272 g/mol. The van der Waals surface area contributed by atoms with Crippen LogP contribution in [0.2, 0.25) is 0 Å². The molecule has 0 saturated heterocycles. The summed E-state index contributed by atoms with van der Waals surface area (Å²) < 4.78 is 0.699. The number of rotatable bonds is 7. The van der Waals surface area contributed by atoms with Crippen molar-refractivity contribution in [2.45, 2.75) is 32.9 Å². The zero-order valence-corrected chi connectivity index (χ0v) is 13.1. The van der Waals surface area contributed by atoms with Crippen molar-refractivity contribution >= 4 is 21.6 Å². The summed E-state index contributed by atoms with van der Waals surface area (Å²) >= 11 is 1.43. The Morgan fingerprint density at radius 3 is 3.10 bits per heavy atom. The lowest BCUT2D eigenvalue weighted by atomic mass is 10.2. The molecule has 0 aliphatic rings. The fourth-order valence-corrected chi connectivity index (χ4v) is 2.73. The number of thiophene rings is 1. The molecule has 0 radical (unpaired) electrons. The van der Waals surface area contributed by atoms with E-state index in [1.807, 2.05) is 11.4 Å². The zero-order chi connectivity index (χ0) is 14.5. The molecule has 0 fully saturated rings. The Morgan fingerprint density at radius 2 is 2.35 bits per heavy atom. The Bertz CT molecular complexity index is 606. The third-order valence-corrected chi connectivity index (χ3v) is 4.54. The van der Waals surface area contributed by atoms with Gasteiger partial charge in [-0.15, -0.1) is 11.3 Å². The number of aromatic nitrogens is 2. The average molecular weight is 294 g/mol. The van der Waals surface area contributed by atoms with Crippen molar-refractivity contribution in [3.63, 3.8) is 0 Å². The molecule has 2 aromatic rings. The van der Waals surface area contributed by atoms with Gasteiger partial charge in [0.1, 0.15) is 10.5 Å². The molecule has 110 valence electrons. The van der Waals surface area contributed by atoms with E-state index in [2.05, 4.69) is 41.1 Å². The van der Waals surface area contributed by atoms with Gasteiger partial charge in [0.15, 0.2) is 0 Å². The number of H-pyrrole nitrogens is 1. The first-order chi connectivity index (χ1) is 9.61. The highest BCUT2D eigenvalue weighted by Gasteiger charge is 2.07. The van der Waals surface area contributed by atoms with Crippen LogP contribution in [0.25, 0.3) is 10.2 Å². The van der Waals surface area contributed by atoms with Crippen molar-refractivity contribution in [3.05, 3.63) is 27.6 Å². The molecule has 2 aromatic heterocycles. The van der Waals surface area contributed by atoms with Gasteiger partial charge in [-0.05, 0) is 31.8 Å². The number of nitrogens with zero attached hydrogens (tertiary/aromatic N) is 2. The minimum absolute atomic E-state index is 0.0430. The van der Waals surface area contributed by atoms with E-state index >= 15 is 0 Å². The summed E-state index contributed by atoms with van der Waals surface area (Å²) in [6.07, 6.45) is 1.15. The Labute approximate surface area is 123 Å². The molecule has 20 heavy (non-hydrogen) atoms. The Morgan fingerprint density at radius 1 is 1.55 bits per heavy atom. The van der Waals surface area contributed by atoms with E-state index in [-0.39, 0.29) is 5.56 Å². The number of hydrogen-bond donors (Lipinski definition) is 2. The second kappa shape index (κ2) is 6.97. The van der Waals surface area contributed by atoms with Gasteiger partial charge in [0.05, 0.1) is 12.1 Å². The molecule has 0 aliphatic carbocycles. The maximum absolute atomic E-state index is 11.8. The Balaban J connectivity index is 1.85. The molecule has 0 bridgehead atoms. The maximum Gasteiger partial charge on any atom is 0.268 e. The molecule has 0 amide bonds. The van der Waals surface area contributed by atoms with Crippen molar-refractivity contribution in [1.29, 1.82) is 0 Å². The molecular formula is C14H22N4OS. The van der Waals surface area contributed by atoms with Gasteiger partial charge in [0.2, 0.25) is 0 Å². The number of hydrogen-bond acceptors (Lipinski definition) is 5. The molecule has 2 rings (SSSR count). The second-order valence-electron chi connectivity index (χ2n) is 5.06. The van der Waals surface area contributed by atoms with E-state index in [1.165, 1.54) is 11.3 Å². The fourth-order valence-electron chi connectivity index (χ4n) is 2.00. The summed E-state index contributed by atoms with van der Waals surface area (Å²) in [5, 5.41) is 5.22. The molecule has 2 N–H and O–H groups in total. The third kappa shape index (κ3) is 3.65. The van der Waals surface area contributed by atoms with Crippen LogP contribution in [0.1, 0.15) is 26.1 Å². The van der Waals surface area contributed by atoms with Gasteiger partial charge < -0.3 is 15.2 Å². The zero-order valence-electron chi connectivity index (χ0n) is 12.3. The molecule has 1 unspecified atom stereocenters. The first-order valence-electron chi connectivity index (χ1n) is 6.99. The van der Waals surface area contributed by atoms with Crippen molar-refractivity contribution in [2.75, 3.05) is 20.1 Å². The lowest BCUT2D eigenvalue weighted by Crippen LogP contribution is -2.35. The van der Waals surface area contributed by atoms with Crippen LogP contribution < -0.4 is 10.9 Å². The van der Waals surface area contributed by atoms with E-state index in [0.717, 1.165) is 25.0 Å². The third-order valence-electron chi connectivity index (χ3n) is 3.64. The van der Waals surface area contributed by atoms with E-state index in [0.29, 0.717) is 23.1 Å². The predicted octanol–water partition coefficient (Wildman–Crippen LogP) is 1.80. The lowest BCUT2D eigenvalue weighted by Gasteiger charge is -2.23. The average Bonchev–Trinajstić information content (AvgIpc) is 2.91. The van der Waals surface area contributed by atoms with Crippen LogP contribution in [-0.4, -0.2) is 41.0 Å². The van der Waals surface area contributed by atoms with Gasteiger partial charge >= 0.3 is 0 Å². The second-order valence-corrected chi connectivity index (χ2v) is 5.98. The molecule has 6 heteroatoms. The first kappa shape index (κ1) is 15.2. The summed E-state index contributed by atoms with van der Waals surface area (Å²) in [5.41, 5.74) is 0.741. The summed E-state index contributed by atoms with van der Waals surface area (Å²) in [6, 6.07) is 2.48. The van der Waals surface area contributed by atoms with Crippen LogP contribution in [0.5, 0.6) is 0 Å². The van der Waals surface area contributed by atoms with E-state index < -0.39 is 0 Å². The number of aromatic amines is 1. The molecule has 0 aliphatic heterocycles. The predicted molar refractivity (Wildman–Crippen MR) is 84.3 cm³/mol. The minimum atomic E-state index is -0.0430. The smallest absolute Gasteiger partial charge is 0.268 e. The number of likely N-dealkylation sites (N-methyl/N-ethyl adjacent to an activating group) is 1. The van der Waals surface area contributed by atoms with Gasteiger partial charge in [-0.3, -0.25) is 4.79 Å². The highest BCUT2D eigenvalue weighted by Crippen LogP contribution is 2.13. The number of fused-ring (bicyclic) bond motifs is 1. The van der Waals surface area contributed by atoms with Gasteiger partial charge in [0.25, 0.3) is 5.56 Å². The van der Waals surface area contributed by atoms with Crippen LogP contribution in [0, 0.1) is 0 Å². The van der Waals surface area contributed by atoms with Crippen molar-refractivity contribution < 1.29 is 0 Å². The SMILES string of the molecule is CCC(C)N(C)CCNCc1nc2ccsc2c(=O)[nH]1. The molecule has 0 spiro atoms. The summed E-state index contributed by atoms with van der Waals surface area (Å²) in [5.74, 6) is 0.701. The topological polar surface area (TPSA) is 61.0 Å². The van der Waals surface area contributed by atoms with Gasteiger partial charge in [-0.25, -0.2) is 4.98 Å². The quantitative estimate of drug-likeness (QED) is 0.765. The van der Waals surface area contributed by atoms with Gasteiger partial charge in [-0.1, -0.05) is 6.92 Å². The van der Waals surface area contributed by atoms with Crippen LogP contribution in [0.4, 0.5) is 0 Å². The van der Waals surface area contributed by atoms with Crippen LogP contribution >= 0.6 is 11.3 Å². The largest absolute Gasteiger partial charge is 0.309 e. The van der Waals surface area contributed by atoms with Crippen molar-refractivity contribution in [1.82, 2.24) is 20.2 Å². The standard InChI is InChI=1S/C14H22N4OS/c1-4-10(2)18(3)7-6-15-9-12-16-11-5-8-20-13(11)14(19)17-12/h5,8,10,15H,4,6-7,9H2,1-3H3,(H,16,17,19). The lowest BCUT2D eigenvalue weighted by molar-refractivity contribution is 0.251. The van der Waals surface area contributed by atoms with E-state index in [9.17, 15) is 4.79 Å². The van der Waals surface area contributed by atoms with Crippen LogP contribution in [-0.2, 0) is 6.54 Å². The monoisotopic (exact) mass is 294 g/mol. The van der Waals surface area contributed by atoms with Crippen LogP contribution in [0.15, 0.2) is 16.2 Å². The summed E-state index contributed by atoms with van der Waals surface area (Å²) in [6.45, 7) is 6.88. The normalized spacial score (nSPS) is 13.2. The van der Waals surface area contributed by atoms with Gasteiger partial charge in [-0.2, -0.15) is 0 Å². The van der Waals surface area contributed by atoms with E-state index in [4.69, 9.17) is 0 Å². The van der Waals surface area contributed by atoms with E-state index in [1.54, 1.807) is 0 Å². The first-order valence-corrected chi connectivity index (χ1v) is 7.87. The fraction of sp³-hybridized carbons (Fsp3) is 0.571. The highest BCUT2D eigenvalue weighted by atomic mass is 32.1. The highest BCUT2D eigenvalue weighted by molar-refractivity contribution is 7.17. The minimum Gasteiger partial charge on any atom is -0.309 e. The summed E-state index contributed by atoms with van der Waals surface area (Å²) in [4.78, 5) is 21.4. The number of nitrogens with one attached hydrogen (secondary N) is 2. The molecule has 1 atom stereocenters. The maximum atomic E-state index is 11.8.